The highest BCUT2D eigenvalue weighted by molar-refractivity contribution is 5.52. The fourth-order valence-corrected chi connectivity index (χ4v) is 2.21. The Balaban J connectivity index is 2.37. The fraction of sp³-hybridized carbons (Fsp3) is 0.556. The molecule has 0 saturated heterocycles. The Hall–Kier alpha value is -1.08. The lowest BCUT2D eigenvalue weighted by atomic mass is 10.0. The van der Waals surface area contributed by atoms with E-state index in [0.29, 0.717) is 12.7 Å². The monoisotopic (exact) mass is 260 g/mol. The van der Waals surface area contributed by atoms with Crippen LogP contribution >= 0.6 is 0 Å². The van der Waals surface area contributed by atoms with Crippen molar-refractivity contribution in [1.29, 1.82) is 0 Å². The largest absolute Gasteiger partial charge is 0.374 e. The summed E-state index contributed by atoms with van der Waals surface area (Å²) in [5.41, 5.74) is 3.70. The van der Waals surface area contributed by atoms with E-state index in [4.69, 9.17) is 4.74 Å². The van der Waals surface area contributed by atoms with Crippen molar-refractivity contribution in [2.24, 2.45) is 0 Å². The first-order valence-electron chi connectivity index (χ1n) is 7.51. The van der Waals surface area contributed by atoms with Gasteiger partial charge in [-0.15, -0.1) is 0 Å². The van der Waals surface area contributed by atoms with E-state index in [1.165, 1.54) is 42.4 Å². The summed E-state index contributed by atoms with van der Waals surface area (Å²) in [7, 11) is 0. The van der Waals surface area contributed by atoms with E-state index in [9.17, 15) is 0 Å². The molecule has 1 aromatic rings. The number of aryl methyl sites for hydroxylation is 1. The molecule has 0 bridgehead atoms. The molecule has 0 radical (unpaired) electrons. The van der Waals surface area contributed by atoms with Gasteiger partial charge in [-0.05, 0) is 31.4 Å². The molecule has 1 rings (SSSR count). The molecule has 0 aliphatic rings. The molecule has 0 N–H and O–H groups in total. The third kappa shape index (κ3) is 6.07. The lowest BCUT2D eigenvalue weighted by Crippen LogP contribution is -2.08. The number of rotatable bonds is 9. The van der Waals surface area contributed by atoms with Crippen molar-refractivity contribution in [3.63, 3.8) is 0 Å². The van der Waals surface area contributed by atoms with Gasteiger partial charge in [0.1, 0.15) is 0 Å². The van der Waals surface area contributed by atoms with Crippen LogP contribution in [0, 0.1) is 6.92 Å². The first-order valence-corrected chi connectivity index (χ1v) is 7.51. The average Bonchev–Trinajstić information content (AvgIpc) is 2.42. The van der Waals surface area contributed by atoms with Crippen molar-refractivity contribution >= 4 is 6.08 Å². The molecule has 0 fully saturated rings. The third-order valence-corrected chi connectivity index (χ3v) is 3.51. The summed E-state index contributed by atoms with van der Waals surface area (Å²) in [6.07, 6.45) is 8.65. The van der Waals surface area contributed by atoms with Gasteiger partial charge < -0.3 is 4.74 Å². The van der Waals surface area contributed by atoms with Crippen LogP contribution in [0.25, 0.3) is 6.08 Å². The zero-order valence-corrected chi connectivity index (χ0v) is 12.7. The molecule has 0 amide bonds. The number of hydrogen-bond acceptors (Lipinski definition) is 1. The van der Waals surface area contributed by atoms with Crippen LogP contribution in [0.5, 0.6) is 0 Å². The van der Waals surface area contributed by atoms with Crippen molar-refractivity contribution in [2.75, 3.05) is 0 Å². The van der Waals surface area contributed by atoms with Crippen molar-refractivity contribution < 1.29 is 4.74 Å². The first-order chi connectivity index (χ1) is 9.17. The Morgan fingerprint density at radius 1 is 1.26 bits per heavy atom. The summed E-state index contributed by atoms with van der Waals surface area (Å²) < 4.78 is 5.94. The zero-order valence-electron chi connectivity index (χ0n) is 12.7. The number of ether oxygens (including phenoxy) is 1. The summed E-state index contributed by atoms with van der Waals surface area (Å²) in [5.74, 6) is 0. The molecule has 1 aromatic carbocycles. The van der Waals surface area contributed by atoms with Gasteiger partial charge in [0.25, 0.3) is 0 Å². The maximum atomic E-state index is 5.94. The van der Waals surface area contributed by atoms with E-state index in [1.807, 2.05) is 6.08 Å². The Morgan fingerprint density at radius 2 is 2.05 bits per heavy atom. The maximum Gasteiger partial charge on any atom is 0.0726 e. The van der Waals surface area contributed by atoms with E-state index >= 15 is 0 Å². The normalized spacial score (nSPS) is 12.4. The molecule has 1 heteroatoms. The number of hydrogen-bond donors (Lipinski definition) is 0. The van der Waals surface area contributed by atoms with Crippen molar-refractivity contribution in [3.8, 4) is 0 Å². The third-order valence-electron chi connectivity index (χ3n) is 3.51. The van der Waals surface area contributed by atoms with Crippen molar-refractivity contribution in [3.05, 3.63) is 41.5 Å². The van der Waals surface area contributed by atoms with E-state index in [-0.39, 0.29) is 0 Å². The van der Waals surface area contributed by atoms with Crippen LogP contribution in [0.1, 0.15) is 62.6 Å². The molecule has 19 heavy (non-hydrogen) atoms. The van der Waals surface area contributed by atoms with Crippen LogP contribution in [0.15, 0.2) is 24.8 Å². The summed E-state index contributed by atoms with van der Waals surface area (Å²) in [6, 6.07) is 6.45. The van der Waals surface area contributed by atoms with Gasteiger partial charge in [0.15, 0.2) is 0 Å². The smallest absolute Gasteiger partial charge is 0.0726 e. The van der Waals surface area contributed by atoms with Gasteiger partial charge in [-0.25, -0.2) is 0 Å². The summed E-state index contributed by atoms with van der Waals surface area (Å²) in [4.78, 5) is 0. The van der Waals surface area contributed by atoms with Gasteiger partial charge in [-0.3, -0.25) is 0 Å². The standard InChI is InChI=1S/C18H28O/c1-5-7-8-9-10-16(4)19-14-18-12-11-15(3)13-17(18)6-2/h6,11-13,16H,2,5,7-10,14H2,1,3-4H3. The maximum absolute atomic E-state index is 5.94. The van der Waals surface area contributed by atoms with Crippen LogP contribution in [0.3, 0.4) is 0 Å². The Morgan fingerprint density at radius 3 is 2.74 bits per heavy atom. The predicted molar refractivity (Wildman–Crippen MR) is 84.3 cm³/mol. The topological polar surface area (TPSA) is 9.23 Å². The van der Waals surface area contributed by atoms with Crippen LogP contribution in [-0.4, -0.2) is 6.10 Å². The molecule has 0 spiro atoms. The average molecular weight is 260 g/mol. The second-order valence-electron chi connectivity index (χ2n) is 5.38. The molecule has 1 atom stereocenters. The van der Waals surface area contributed by atoms with Crippen molar-refractivity contribution in [2.45, 2.75) is 65.6 Å². The highest BCUT2D eigenvalue weighted by Gasteiger charge is 2.05. The Labute approximate surface area is 118 Å². The van der Waals surface area contributed by atoms with Gasteiger partial charge >= 0.3 is 0 Å². The van der Waals surface area contributed by atoms with Gasteiger partial charge in [-0.2, -0.15) is 0 Å². The zero-order chi connectivity index (χ0) is 14.1. The van der Waals surface area contributed by atoms with Gasteiger partial charge in [0, 0.05) is 0 Å². The lowest BCUT2D eigenvalue weighted by molar-refractivity contribution is 0.0458. The fourth-order valence-electron chi connectivity index (χ4n) is 2.21. The molecule has 0 aliphatic heterocycles. The minimum absolute atomic E-state index is 0.343. The van der Waals surface area contributed by atoms with E-state index < -0.39 is 0 Å². The number of unbranched alkanes of at least 4 members (excludes halogenated alkanes) is 3. The summed E-state index contributed by atoms with van der Waals surface area (Å²) in [5, 5.41) is 0. The van der Waals surface area contributed by atoms with Crippen LogP contribution in [0.4, 0.5) is 0 Å². The lowest BCUT2D eigenvalue weighted by Gasteiger charge is -2.14. The molecule has 1 nitrogen and oxygen atoms in total. The number of benzene rings is 1. The summed E-state index contributed by atoms with van der Waals surface area (Å²) >= 11 is 0. The minimum atomic E-state index is 0.343. The van der Waals surface area contributed by atoms with Gasteiger partial charge in [-0.1, -0.05) is 69.0 Å². The molecule has 0 saturated carbocycles. The van der Waals surface area contributed by atoms with Crippen molar-refractivity contribution in [1.82, 2.24) is 0 Å². The molecule has 106 valence electrons. The predicted octanol–water partition coefficient (Wildman–Crippen LogP) is 5.51. The summed E-state index contributed by atoms with van der Waals surface area (Å²) in [6.45, 7) is 11.1. The quantitative estimate of drug-likeness (QED) is 0.532. The second kappa shape index (κ2) is 8.92. The minimum Gasteiger partial charge on any atom is -0.374 e. The van der Waals surface area contributed by atoms with E-state index in [1.54, 1.807) is 0 Å². The Bertz CT molecular complexity index is 381. The van der Waals surface area contributed by atoms with E-state index in [2.05, 4.69) is 45.5 Å². The molecule has 1 unspecified atom stereocenters. The van der Waals surface area contributed by atoms with Gasteiger partial charge in [0.2, 0.25) is 0 Å². The molecular weight excluding hydrogens is 232 g/mol. The van der Waals surface area contributed by atoms with Crippen LogP contribution in [0.2, 0.25) is 0 Å². The second-order valence-corrected chi connectivity index (χ2v) is 5.38. The molecular formula is C18H28O. The SMILES string of the molecule is C=Cc1cc(C)ccc1COC(C)CCCCCC. The Kier molecular flexibility index (Phi) is 7.50. The van der Waals surface area contributed by atoms with Crippen LogP contribution in [-0.2, 0) is 11.3 Å². The molecule has 0 aliphatic carbocycles. The highest BCUT2D eigenvalue weighted by Crippen LogP contribution is 2.16. The van der Waals surface area contributed by atoms with E-state index in [0.717, 1.165) is 6.42 Å². The first kappa shape index (κ1) is 16.0. The molecule has 0 aromatic heterocycles. The van der Waals surface area contributed by atoms with Crippen LogP contribution < -0.4 is 0 Å². The van der Waals surface area contributed by atoms with Gasteiger partial charge in [0.05, 0.1) is 12.7 Å². The highest BCUT2D eigenvalue weighted by atomic mass is 16.5. The molecule has 0 heterocycles.